The van der Waals surface area contributed by atoms with Gasteiger partial charge in [-0.15, -0.1) is 0 Å². The van der Waals surface area contributed by atoms with E-state index in [0.717, 1.165) is 11.3 Å². The Bertz CT molecular complexity index is 757. The van der Waals surface area contributed by atoms with Gasteiger partial charge in [0.05, 0.1) is 5.56 Å². The molecule has 0 spiro atoms. The highest BCUT2D eigenvalue weighted by Crippen LogP contribution is 2.29. The first kappa shape index (κ1) is 14.3. The van der Waals surface area contributed by atoms with E-state index < -0.39 is 11.6 Å². The maximum atomic E-state index is 12.5. The quantitative estimate of drug-likeness (QED) is 0.865. The molecule has 0 bridgehead atoms. The molecule has 2 heterocycles. The Kier molecular flexibility index (Phi) is 3.41. The van der Waals surface area contributed by atoms with Crippen molar-refractivity contribution in [2.45, 2.75) is 25.9 Å². The molecule has 1 aliphatic rings. The SMILES string of the molecule is Cc1cccc(NC(=O)C2(C)Cc3ccccc3C(=O)O2)n1. The van der Waals surface area contributed by atoms with Crippen LogP contribution in [0.2, 0.25) is 0 Å². The number of pyridine rings is 1. The van der Waals surface area contributed by atoms with Crippen LogP contribution in [0.25, 0.3) is 0 Å². The molecule has 0 aliphatic carbocycles. The van der Waals surface area contributed by atoms with Gasteiger partial charge in [0.1, 0.15) is 5.82 Å². The summed E-state index contributed by atoms with van der Waals surface area (Å²) >= 11 is 0. The molecule has 22 heavy (non-hydrogen) atoms. The Morgan fingerprint density at radius 3 is 2.77 bits per heavy atom. The lowest BCUT2D eigenvalue weighted by atomic mass is 9.89. The average Bonchev–Trinajstić information content (AvgIpc) is 2.47. The van der Waals surface area contributed by atoms with E-state index in [4.69, 9.17) is 4.74 Å². The van der Waals surface area contributed by atoms with Crippen LogP contribution in [-0.2, 0) is 16.0 Å². The molecule has 5 nitrogen and oxygen atoms in total. The van der Waals surface area contributed by atoms with Gasteiger partial charge in [-0.3, -0.25) is 4.79 Å². The third-order valence-corrected chi connectivity index (χ3v) is 3.69. The van der Waals surface area contributed by atoms with Crippen molar-refractivity contribution < 1.29 is 14.3 Å². The number of fused-ring (bicyclic) bond motifs is 1. The molecule has 1 unspecified atom stereocenters. The van der Waals surface area contributed by atoms with Crippen LogP contribution in [0.5, 0.6) is 0 Å². The lowest BCUT2D eigenvalue weighted by molar-refractivity contribution is -0.134. The smallest absolute Gasteiger partial charge is 0.339 e. The van der Waals surface area contributed by atoms with Gasteiger partial charge >= 0.3 is 5.97 Å². The van der Waals surface area contributed by atoms with Crippen LogP contribution >= 0.6 is 0 Å². The van der Waals surface area contributed by atoms with Gasteiger partial charge in [0.25, 0.3) is 5.91 Å². The zero-order valence-electron chi connectivity index (χ0n) is 12.4. The van der Waals surface area contributed by atoms with Crippen molar-refractivity contribution in [3.63, 3.8) is 0 Å². The Morgan fingerprint density at radius 1 is 1.23 bits per heavy atom. The molecule has 5 heteroatoms. The predicted molar refractivity (Wildman–Crippen MR) is 81.6 cm³/mol. The third kappa shape index (κ3) is 2.57. The van der Waals surface area contributed by atoms with Crippen LogP contribution in [0.1, 0.15) is 28.5 Å². The number of nitrogens with zero attached hydrogens (tertiary/aromatic N) is 1. The van der Waals surface area contributed by atoms with E-state index in [-0.39, 0.29) is 5.91 Å². The van der Waals surface area contributed by atoms with Crippen molar-refractivity contribution in [3.8, 4) is 0 Å². The Labute approximate surface area is 128 Å². The van der Waals surface area contributed by atoms with Crippen LogP contribution in [0.4, 0.5) is 5.82 Å². The van der Waals surface area contributed by atoms with E-state index in [0.29, 0.717) is 17.8 Å². The van der Waals surface area contributed by atoms with Crippen molar-refractivity contribution >= 4 is 17.7 Å². The maximum Gasteiger partial charge on any atom is 0.339 e. The monoisotopic (exact) mass is 296 g/mol. The number of benzene rings is 1. The molecule has 1 N–H and O–H groups in total. The van der Waals surface area contributed by atoms with Gasteiger partial charge in [0.2, 0.25) is 0 Å². The standard InChI is InChI=1S/C17H16N2O3/c1-11-6-5-9-14(18-11)19-16(21)17(2)10-12-7-3-4-8-13(12)15(20)22-17/h3-9H,10H2,1-2H3,(H,18,19,21). The van der Waals surface area contributed by atoms with Crippen LogP contribution in [-0.4, -0.2) is 22.5 Å². The van der Waals surface area contributed by atoms with E-state index in [2.05, 4.69) is 10.3 Å². The van der Waals surface area contributed by atoms with E-state index >= 15 is 0 Å². The molecule has 0 radical (unpaired) electrons. The van der Waals surface area contributed by atoms with Gasteiger partial charge in [0, 0.05) is 12.1 Å². The number of rotatable bonds is 2. The van der Waals surface area contributed by atoms with E-state index in [1.165, 1.54) is 0 Å². The van der Waals surface area contributed by atoms with Gasteiger partial charge in [0.15, 0.2) is 5.60 Å². The Hall–Kier alpha value is -2.69. The minimum atomic E-state index is -1.24. The second-order valence-electron chi connectivity index (χ2n) is 5.57. The fourth-order valence-corrected chi connectivity index (χ4v) is 2.52. The lowest BCUT2D eigenvalue weighted by Crippen LogP contribution is -2.49. The molecule has 1 aliphatic heterocycles. The molecule has 2 aromatic rings. The number of ether oxygens (including phenoxy) is 1. The third-order valence-electron chi connectivity index (χ3n) is 3.69. The Morgan fingerprint density at radius 2 is 2.00 bits per heavy atom. The molecule has 0 saturated carbocycles. The summed E-state index contributed by atoms with van der Waals surface area (Å²) in [6, 6.07) is 12.5. The molecule has 3 rings (SSSR count). The zero-order valence-corrected chi connectivity index (χ0v) is 12.4. The second kappa shape index (κ2) is 5.26. The molecule has 1 aromatic carbocycles. The zero-order chi connectivity index (χ0) is 15.7. The van der Waals surface area contributed by atoms with Crippen LogP contribution in [0.3, 0.4) is 0 Å². The summed E-state index contributed by atoms with van der Waals surface area (Å²) in [4.78, 5) is 28.9. The van der Waals surface area contributed by atoms with E-state index in [1.54, 1.807) is 25.1 Å². The first-order valence-electron chi connectivity index (χ1n) is 7.04. The van der Waals surface area contributed by atoms with Crippen molar-refractivity contribution in [1.82, 2.24) is 4.98 Å². The highest BCUT2D eigenvalue weighted by Gasteiger charge is 2.42. The second-order valence-corrected chi connectivity index (χ2v) is 5.57. The number of amides is 1. The number of hydrogen-bond donors (Lipinski definition) is 1. The van der Waals surface area contributed by atoms with Crippen molar-refractivity contribution in [1.29, 1.82) is 0 Å². The number of esters is 1. The number of aromatic nitrogens is 1. The Balaban J connectivity index is 1.85. The van der Waals surface area contributed by atoms with Crippen LogP contribution < -0.4 is 5.32 Å². The van der Waals surface area contributed by atoms with Crippen molar-refractivity contribution in [3.05, 3.63) is 59.3 Å². The summed E-state index contributed by atoms with van der Waals surface area (Å²) in [5.41, 5.74) is 0.889. The molecule has 1 atom stereocenters. The average molecular weight is 296 g/mol. The molecule has 0 fully saturated rings. The van der Waals surface area contributed by atoms with Crippen molar-refractivity contribution in [2.75, 3.05) is 5.32 Å². The largest absolute Gasteiger partial charge is 0.445 e. The maximum absolute atomic E-state index is 12.5. The highest BCUT2D eigenvalue weighted by molar-refractivity contribution is 6.02. The summed E-state index contributed by atoms with van der Waals surface area (Å²) in [5.74, 6) is -0.411. The fraction of sp³-hybridized carbons (Fsp3) is 0.235. The van der Waals surface area contributed by atoms with Gasteiger partial charge in [-0.05, 0) is 37.6 Å². The van der Waals surface area contributed by atoms with Gasteiger partial charge < -0.3 is 10.1 Å². The summed E-state index contributed by atoms with van der Waals surface area (Å²) in [6.07, 6.45) is 0.340. The molecule has 112 valence electrons. The van der Waals surface area contributed by atoms with Crippen LogP contribution in [0.15, 0.2) is 42.5 Å². The molecular weight excluding hydrogens is 280 g/mol. The molecule has 1 aromatic heterocycles. The molecule has 0 saturated heterocycles. The van der Waals surface area contributed by atoms with E-state index in [1.807, 2.05) is 31.2 Å². The normalized spacial score (nSPS) is 20.0. The highest BCUT2D eigenvalue weighted by atomic mass is 16.6. The number of anilines is 1. The summed E-state index contributed by atoms with van der Waals surface area (Å²) in [6.45, 7) is 3.46. The molecular formula is C17H16N2O3. The number of hydrogen-bond acceptors (Lipinski definition) is 4. The number of cyclic esters (lactones) is 1. The summed E-state index contributed by atoms with van der Waals surface area (Å²) in [5, 5.41) is 2.72. The number of carbonyl (C=O) groups is 2. The van der Waals surface area contributed by atoms with Crippen molar-refractivity contribution in [2.24, 2.45) is 0 Å². The number of nitrogens with one attached hydrogen (secondary N) is 1. The summed E-state index contributed by atoms with van der Waals surface area (Å²) < 4.78 is 5.39. The minimum Gasteiger partial charge on any atom is -0.445 e. The summed E-state index contributed by atoms with van der Waals surface area (Å²) in [7, 11) is 0. The van der Waals surface area contributed by atoms with Gasteiger partial charge in [-0.1, -0.05) is 24.3 Å². The van der Waals surface area contributed by atoms with Crippen LogP contribution in [0, 0.1) is 6.92 Å². The first-order valence-corrected chi connectivity index (χ1v) is 7.04. The number of aryl methyl sites for hydroxylation is 1. The number of carbonyl (C=O) groups excluding carboxylic acids is 2. The predicted octanol–water partition coefficient (Wildman–Crippen LogP) is 2.50. The fourth-order valence-electron chi connectivity index (χ4n) is 2.52. The lowest BCUT2D eigenvalue weighted by Gasteiger charge is -2.32. The van der Waals surface area contributed by atoms with Gasteiger partial charge in [-0.25, -0.2) is 9.78 Å². The topological polar surface area (TPSA) is 68.3 Å². The first-order chi connectivity index (χ1) is 10.5. The molecule has 1 amide bonds. The van der Waals surface area contributed by atoms with E-state index in [9.17, 15) is 9.59 Å². The minimum absolute atomic E-state index is 0.340. The van der Waals surface area contributed by atoms with Gasteiger partial charge in [-0.2, -0.15) is 0 Å².